The fraction of sp³-hybridized carbons (Fsp3) is 0.333. The standard InChI is InChI=1S/C9H9NO2/c1-10-8(11)6-4-2-3-5-7(6)9(10)12/h2-7H,1H3. The van der Waals surface area contributed by atoms with E-state index < -0.39 is 0 Å². The third-order valence-corrected chi connectivity index (χ3v) is 2.37. The Morgan fingerprint density at radius 2 is 1.50 bits per heavy atom. The van der Waals surface area contributed by atoms with Crippen molar-refractivity contribution >= 4 is 11.8 Å². The largest absolute Gasteiger partial charge is 0.285 e. The number of amides is 2. The maximum atomic E-state index is 11.4. The molecule has 0 aromatic carbocycles. The Morgan fingerprint density at radius 1 is 1.08 bits per heavy atom. The number of carbonyl (C=O) groups is 2. The van der Waals surface area contributed by atoms with Crippen LogP contribution in [0.1, 0.15) is 0 Å². The van der Waals surface area contributed by atoms with Gasteiger partial charge in [0.25, 0.3) is 0 Å². The molecular formula is C9H9NO2. The molecule has 62 valence electrons. The van der Waals surface area contributed by atoms with Crippen LogP contribution < -0.4 is 0 Å². The number of hydrogen-bond acceptors (Lipinski definition) is 2. The molecule has 2 atom stereocenters. The summed E-state index contributed by atoms with van der Waals surface area (Å²) in [7, 11) is 1.53. The summed E-state index contributed by atoms with van der Waals surface area (Å²) in [5, 5.41) is 0. The molecule has 1 aliphatic heterocycles. The summed E-state index contributed by atoms with van der Waals surface area (Å²) in [4.78, 5) is 23.9. The van der Waals surface area contributed by atoms with Crippen molar-refractivity contribution in [1.29, 1.82) is 0 Å². The van der Waals surface area contributed by atoms with Crippen molar-refractivity contribution in [3.05, 3.63) is 24.3 Å². The molecule has 0 N–H and O–H groups in total. The summed E-state index contributed by atoms with van der Waals surface area (Å²) in [6.45, 7) is 0. The fourth-order valence-corrected chi connectivity index (χ4v) is 1.63. The lowest BCUT2D eigenvalue weighted by Crippen LogP contribution is -2.25. The van der Waals surface area contributed by atoms with Crippen LogP contribution in [0.4, 0.5) is 0 Å². The van der Waals surface area contributed by atoms with E-state index in [-0.39, 0.29) is 23.7 Å². The van der Waals surface area contributed by atoms with Gasteiger partial charge in [-0.2, -0.15) is 0 Å². The van der Waals surface area contributed by atoms with Gasteiger partial charge < -0.3 is 0 Å². The highest BCUT2D eigenvalue weighted by molar-refractivity contribution is 6.06. The number of fused-ring (bicyclic) bond motifs is 1. The molecule has 0 saturated carbocycles. The van der Waals surface area contributed by atoms with Crippen LogP contribution in [0.3, 0.4) is 0 Å². The van der Waals surface area contributed by atoms with E-state index in [1.165, 1.54) is 11.9 Å². The van der Waals surface area contributed by atoms with Crippen LogP contribution in [0.2, 0.25) is 0 Å². The minimum Gasteiger partial charge on any atom is -0.285 e. The average Bonchev–Trinajstić information content (AvgIpc) is 2.33. The molecule has 3 heteroatoms. The Hall–Kier alpha value is -1.38. The summed E-state index contributed by atoms with van der Waals surface area (Å²) in [6.07, 6.45) is 7.19. The van der Waals surface area contributed by atoms with E-state index in [1.807, 2.05) is 12.2 Å². The lowest BCUT2D eigenvalue weighted by Gasteiger charge is -2.08. The molecule has 2 rings (SSSR count). The Kier molecular flexibility index (Phi) is 1.40. The van der Waals surface area contributed by atoms with Gasteiger partial charge in [0.15, 0.2) is 0 Å². The van der Waals surface area contributed by atoms with Crippen LogP contribution in [0, 0.1) is 11.8 Å². The number of nitrogens with zero attached hydrogens (tertiary/aromatic N) is 1. The van der Waals surface area contributed by atoms with Crippen LogP contribution in [0.15, 0.2) is 24.3 Å². The maximum Gasteiger partial charge on any atom is 0.236 e. The van der Waals surface area contributed by atoms with Crippen LogP contribution in [-0.2, 0) is 9.59 Å². The molecule has 2 amide bonds. The highest BCUT2D eigenvalue weighted by Gasteiger charge is 2.43. The van der Waals surface area contributed by atoms with Crippen molar-refractivity contribution < 1.29 is 9.59 Å². The minimum absolute atomic E-state index is 0.0920. The van der Waals surface area contributed by atoms with Crippen molar-refractivity contribution in [2.45, 2.75) is 0 Å². The van der Waals surface area contributed by atoms with E-state index in [0.29, 0.717) is 0 Å². The molecule has 1 aliphatic carbocycles. The lowest BCUT2D eigenvalue weighted by atomic mass is 9.91. The summed E-state index contributed by atoms with van der Waals surface area (Å²) in [5.41, 5.74) is 0. The topological polar surface area (TPSA) is 37.4 Å². The second kappa shape index (κ2) is 2.30. The first-order valence-corrected chi connectivity index (χ1v) is 3.88. The summed E-state index contributed by atoms with van der Waals surface area (Å²) >= 11 is 0. The summed E-state index contributed by atoms with van der Waals surface area (Å²) < 4.78 is 0. The van der Waals surface area contributed by atoms with E-state index >= 15 is 0 Å². The minimum atomic E-state index is -0.243. The zero-order valence-electron chi connectivity index (χ0n) is 6.73. The maximum absolute atomic E-state index is 11.4. The van der Waals surface area contributed by atoms with Gasteiger partial charge in [-0.3, -0.25) is 14.5 Å². The van der Waals surface area contributed by atoms with E-state index in [4.69, 9.17) is 0 Å². The van der Waals surface area contributed by atoms with Gasteiger partial charge in [-0.25, -0.2) is 0 Å². The van der Waals surface area contributed by atoms with Crippen molar-refractivity contribution in [2.75, 3.05) is 7.05 Å². The van der Waals surface area contributed by atoms with Gasteiger partial charge in [0.05, 0.1) is 11.8 Å². The first kappa shape index (κ1) is 7.28. The van der Waals surface area contributed by atoms with Crippen molar-refractivity contribution in [2.24, 2.45) is 11.8 Å². The smallest absolute Gasteiger partial charge is 0.236 e. The highest BCUT2D eigenvalue weighted by atomic mass is 16.2. The predicted molar refractivity (Wildman–Crippen MR) is 43.0 cm³/mol. The highest BCUT2D eigenvalue weighted by Crippen LogP contribution is 2.29. The molecule has 12 heavy (non-hydrogen) atoms. The number of rotatable bonds is 0. The zero-order valence-corrected chi connectivity index (χ0v) is 6.73. The van der Waals surface area contributed by atoms with Gasteiger partial charge in [-0.1, -0.05) is 24.3 Å². The molecule has 1 fully saturated rings. The predicted octanol–water partition coefficient (Wildman–Crippen LogP) is 0.343. The second-order valence-electron chi connectivity index (χ2n) is 3.06. The fourth-order valence-electron chi connectivity index (χ4n) is 1.63. The van der Waals surface area contributed by atoms with Gasteiger partial charge in [0, 0.05) is 7.05 Å². The molecular weight excluding hydrogens is 154 g/mol. The third kappa shape index (κ3) is 0.763. The molecule has 0 radical (unpaired) electrons. The Balaban J connectivity index is 2.40. The van der Waals surface area contributed by atoms with Crippen LogP contribution in [-0.4, -0.2) is 23.8 Å². The quantitative estimate of drug-likeness (QED) is 0.483. The van der Waals surface area contributed by atoms with Crippen molar-refractivity contribution in [1.82, 2.24) is 4.90 Å². The summed E-state index contributed by atoms with van der Waals surface area (Å²) in [6, 6.07) is 0. The van der Waals surface area contributed by atoms with E-state index in [0.717, 1.165) is 0 Å². The molecule has 1 saturated heterocycles. The van der Waals surface area contributed by atoms with Crippen molar-refractivity contribution in [3.8, 4) is 0 Å². The molecule has 3 nitrogen and oxygen atoms in total. The third-order valence-electron chi connectivity index (χ3n) is 2.37. The van der Waals surface area contributed by atoms with Crippen molar-refractivity contribution in [3.63, 3.8) is 0 Å². The van der Waals surface area contributed by atoms with Gasteiger partial charge in [-0.15, -0.1) is 0 Å². The molecule has 0 bridgehead atoms. The Labute approximate surface area is 70.4 Å². The van der Waals surface area contributed by atoms with E-state index in [1.54, 1.807) is 12.2 Å². The Bertz CT molecular complexity index is 274. The van der Waals surface area contributed by atoms with Crippen LogP contribution >= 0.6 is 0 Å². The van der Waals surface area contributed by atoms with Gasteiger partial charge in [0.1, 0.15) is 0 Å². The molecule has 2 unspecified atom stereocenters. The molecule has 0 spiro atoms. The number of allylic oxidation sites excluding steroid dienone is 2. The summed E-state index contributed by atoms with van der Waals surface area (Å²) in [5.74, 6) is -0.670. The number of likely N-dealkylation sites (tertiary alicyclic amines) is 1. The van der Waals surface area contributed by atoms with Crippen LogP contribution in [0.25, 0.3) is 0 Å². The molecule has 2 aliphatic rings. The van der Waals surface area contributed by atoms with E-state index in [2.05, 4.69) is 0 Å². The monoisotopic (exact) mass is 163 g/mol. The zero-order chi connectivity index (χ0) is 8.72. The molecule has 0 aromatic rings. The second-order valence-corrected chi connectivity index (χ2v) is 3.06. The van der Waals surface area contributed by atoms with Crippen LogP contribution in [0.5, 0.6) is 0 Å². The molecule has 0 aromatic heterocycles. The normalized spacial score (nSPS) is 32.9. The average molecular weight is 163 g/mol. The van der Waals surface area contributed by atoms with E-state index in [9.17, 15) is 9.59 Å². The molecule has 1 heterocycles. The SMILES string of the molecule is CN1C(=O)C2C=CC=CC2C1=O. The number of carbonyl (C=O) groups excluding carboxylic acids is 2. The number of hydrogen-bond donors (Lipinski definition) is 0. The van der Waals surface area contributed by atoms with Gasteiger partial charge in [0.2, 0.25) is 11.8 Å². The Morgan fingerprint density at radius 3 is 1.92 bits per heavy atom. The van der Waals surface area contributed by atoms with Gasteiger partial charge in [-0.05, 0) is 0 Å². The number of imide groups is 1. The van der Waals surface area contributed by atoms with Gasteiger partial charge >= 0.3 is 0 Å². The first-order valence-electron chi connectivity index (χ1n) is 3.88. The lowest BCUT2D eigenvalue weighted by molar-refractivity contribution is -0.137. The first-order chi connectivity index (χ1) is 5.72.